The zero-order valence-electron chi connectivity index (χ0n) is 13.7. The third-order valence-electron chi connectivity index (χ3n) is 4.21. The summed E-state index contributed by atoms with van der Waals surface area (Å²) >= 11 is 6.04. The highest BCUT2D eigenvalue weighted by Gasteiger charge is 2.25. The molecule has 0 spiro atoms. The lowest BCUT2D eigenvalue weighted by Gasteiger charge is -2.11. The number of nitrogens with one attached hydrogen (secondary N) is 4. The maximum Gasteiger partial charge on any atom is 0.268 e. The molecule has 4 N–H and O–H groups in total. The number of hydrogen-bond acceptors (Lipinski definition) is 4. The smallest absolute Gasteiger partial charge is 0.268 e. The molecule has 2 heterocycles. The number of amides is 2. The van der Waals surface area contributed by atoms with Crippen molar-refractivity contribution in [2.24, 2.45) is 0 Å². The van der Waals surface area contributed by atoms with Gasteiger partial charge in [-0.2, -0.15) is 0 Å². The van der Waals surface area contributed by atoms with E-state index in [1.807, 2.05) is 10.9 Å². The summed E-state index contributed by atoms with van der Waals surface area (Å²) in [6, 6.07) is 9.83. The molecule has 2 aromatic carbocycles. The standard InChI is InChI=1S/C17H13ClN4O4S/c18-12-7-14-9(6-16(23)20-14)5-15(12)27(25,26)22-21-17(24)11-8-19-13-4-2-1-3-10(11)13/h1-5,7-8,19,22H,6H2,(H,20,23)(H,21,24). The lowest BCUT2D eigenvalue weighted by atomic mass is 10.2. The first kappa shape index (κ1) is 17.5. The zero-order chi connectivity index (χ0) is 19.2. The van der Waals surface area contributed by atoms with E-state index >= 15 is 0 Å². The van der Waals surface area contributed by atoms with Gasteiger partial charge in [0.15, 0.2) is 0 Å². The number of carbonyl (C=O) groups is 2. The summed E-state index contributed by atoms with van der Waals surface area (Å²) in [6.07, 6.45) is 1.56. The maximum atomic E-state index is 12.5. The van der Waals surface area contributed by atoms with E-state index < -0.39 is 15.9 Å². The average Bonchev–Trinajstić information content (AvgIpc) is 3.21. The second kappa shape index (κ2) is 6.38. The van der Waals surface area contributed by atoms with E-state index in [1.54, 1.807) is 18.2 Å². The van der Waals surface area contributed by atoms with Gasteiger partial charge in [0.2, 0.25) is 5.91 Å². The summed E-state index contributed by atoms with van der Waals surface area (Å²) in [5.41, 5.74) is 4.23. The Bertz CT molecular complexity index is 1200. The molecule has 10 heteroatoms. The Morgan fingerprint density at radius 1 is 1.19 bits per heavy atom. The quantitative estimate of drug-likeness (QED) is 0.496. The van der Waals surface area contributed by atoms with Crippen LogP contribution in [0.2, 0.25) is 5.02 Å². The van der Waals surface area contributed by atoms with Crippen LogP contribution in [0.1, 0.15) is 15.9 Å². The number of aromatic nitrogens is 1. The van der Waals surface area contributed by atoms with Crippen molar-refractivity contribution in [2.75, 3.05) is 5.32 Å². The summed E-state index contributed by atoms with van der Waals surface area (Å²) in [6.45, 7) is 0. The molecule has 1 aliphatic heterocycles. The Morgan fingerprint density at radius 2 is 1.96 bits per heavy atom. The molecule has 8 nitrogen and oxygen atoms in total. The first-order chi connectivity index (χ1) is 12.8. The largest absolute Gasteiger partial charge is 0.360 e. The minimum absolute atomic E-state index is 0.0650. The van der Waals surface area contributed by atoms with E-state index in [2.05, 4.69) is 15.7 Å². The molecular formula is C17H13ClN4O4S. The van der Waals surface area contributed by atoms with Gasteiger partial charge in [0.25, 0.3) is 15.9 Å². The van der Waals surface area contributed by atoms with Crippen molar-refractivity contribution in [3.05, 3.63) is 58.7 Å². The molecule has 0 bridgehead atoms. The van der Waals surface area contributed by atoms with Crippen LogP contribution in [-0.4, -0.2) is 25.2 Å². The first-order valence-corrected chi connectivity index (χ1v) is 9.72. The number of aromatic amines is 1. The molecule has 0 aliphatic carbocycles. The lowest BCUT2D eigenvalue weighted by Crippen LogP contribution is -2.41. The molecule has 0 radical (unpaired) electrons. The zero-order valence-corrected chi connectivity index (χ0v) is 15.2. The van der Waals surface area contributed by atoms with Crippen molar-refractivity contribution in [2.45, 2.75) is 11.3 Å². The fraction of sp³-hybridized carbons (Fsp3) is 0.0588. The molecule has 2 amide bonds. The number of hydrazine groups is 1. The van der Waals surface area contributed by atoms with Crippen molar-refractivity contribution in [3.63, 3.8) is 0 Å². The number of para-hydroxylation sites is 1. The maximum absolute atomic E-state index is 12.5. The van der Waals surface area contributed by atoms with Crippen LogP contribution < -0.4 is 15.6 Å². The number of hydrogen-bond donors (Lipinski definition) is 4. The number of carbonyl (C=O) groups excluding carboxylic acids is 2. The lowest BCUT2D eigenvalue weighted by molar-refractivity contribution is -0.115. The normalized spacial score (nSPS) is 13.4. The molecule has 4 rings (SSSR count). The molecule has 3 aromatic rings. The molecule has 1 aliphatic rings. The highest BCUT2D eigenvalue weighted by Crippen LogP contribution is 2.32. The number of rotatable bonds is 4. The van der Waals surface area contributed by atoms with Gasteiger partial charge in [-0.05, 0) is 23.8 Å². The van der Waals surface area contributed by atoms with Crippen molar-refractivity contribution >= 4 is 50.0 Å². The molecule has 1 aromatic heterocycles. The Balaban J connectivity index is 1.57. The van der Waals surface area contributed by atoms with Crippen LogP contribution in [0.25, 0.3) is 10.9 Å². The van der Waals surface area contributed by atoms with Gasteiger partial charge < -0.3 is 10.3 Å². The van der Waals surface area contributed by atoms with E-state index in [9.17, 15) is 18.0 Å². The second-order valence-corrected chi connectivity index (χ2v) is 8.03. The van der Waals surface area contributed by atoms with Crippen LogP contribution >= 0.6 is 11.6 Å². The molecule has 27 heavy (non-hydrogen) atoms. The Kier molecular flexibility index (Phi) is 4.14. The predicted molar refractivity (Wildman–Crippen MR) is 99.9 cm³/mol. The van der Waals surface area contributed by atoms with Crippen LogP contribution in [0.4, 0.5) is 5.69 Å². The highest BCUT2D eigenvalue weighted by atomic mass is 35.5. The highest BCUT2D eigenvalue weighted by molar-refractivity contribution is 7.89. The van der Waals surface area contributed by atoms with Crippen LogP contribution in [0.5, 0.6) is 0 Å². The van der Waals surface area contributed by atoms with E-state index in [1.165, 1.54) is 18.3 Å². The topological polar surface area (TPSA) is 120 Å². The Hall–Kier alpha value is -2.88. The number of benzene rings is 2. The molecule has 0 atom stereocenters. The monoisotopic (exact) mass is 404 g/mol. The Labute approximate surface area is 158 Å². The Morgan fingerprint density at radius 3 is 2.78 bits per heavy atom. The van der Waals surface area contributed by atoms with Gasteiger partial charge in [0, 0.05) is 22.8 Å². The molecular weight excluding hydrogens is 392 g/mol. The van der Waals surface area contributed by atoms with E-state index in [0.29, 0.717) is 22.2 Å². The third kappa shape index (κ3) is 3.16. The van der Waals surface area contributed by atoms with Crippen molar-refractivity contribution in [1.82, 2.24) is 15.2 Å². The molecule has 0 saturated carbocycles. The second-order valence-electron chi connectivity index (χ2n) is 5.97. The number of anilines is 1. The summed E-state index contributed by atoms with van der Waals surface area (Å²) in [5, 5.41) is 3.19. The van der Waals surface area contributed by atoms with Crippen LogP contribution in [0, 0.1) is 0 Å². The van der Waals surface area contributed by atoms with E-state index in [4.69, 9.17) is 11.6 Å². The van der Waals surface area contributed by atoms with Gasteiger partial charge in [-0.25, -0.2) is 8.42 Å². The fourth-order valence-corrected chi connectivity index (χ4v) is 4.35. The summed E-state index contributed by atoms with van der Waals surface area (Å²) in [7, 11) is -4.13. The minimum Gasteiger partial charge on any atom is -0.360 e. The third-order valence-corrected chi connectivity index (χ3v) is 5.92. The SMILES string of the molecule is O=C1Cc2cc(S(=O)(=O)NNC(=O)c3c[nH]c4ccccc34)c(Cl)cc2N1. The van der Waals surface area contributed by atoms with Gasteiger partial charge in [0.05, 0.1) is 17.0 Å². The molecule has 0 unspecified atom stereocenters. The van der Waals surface area contributed by atoms with Gasteiger partial charge in [-0.3, -0.25) is 15.0 Å². The molecule has 0 fully saturated rings. The molecule has 0 saturated heterocycles. The summed E-state index contributed by atoms with van der Waals surface area (Å²) < 4.78 is 25.1. The van der Waals surface area contributed by atoms with Crippen molar-refractivity contribution in [3.8, 4) is 0 Å². The predicted octanol–water partition coefficient (Wildman–Crippen LogP) is 1.94. The van der Waals surface area contributed by atoms with Crippen LogP contribution in [0.3, 0.4) is 0 Å². The summed E-state index contributed by atoms with van der Waals surface area (Å²) in [5.74, 6) is -0.860. The minimum atomic E-state index is -4.13. The number of fused-ring (bicyclic) bond motifs is 2. The van der Waals surface area contributed by atoms with E-state index in [-0.39, 0.29) is 22.2 Å². The first-order valence-electron chi connectivity index (χ1n) is 7.86. The fourth-order valence-electron chi connectivity index (χ4n) is 2.93. The van der Waals surface area contributed by atoms with Gasteiger partial charge in [-0.15, -0.1) is 4.83 Å². The van der Waals surface area contributed by atoms with Gasteiger partial charge in [0.1, 0.15) is 4.90 Å². The number of halogens is 1. The van der Waals surface area contributed by atoms with Gasteiger partial charge in [-0.1, -0.05) is 29.8 Å². The number of sulfonamides is 1. The van der Waals surface area contributed by atoms with Crippen LogP contribution in [0.15, 0.2) is 47.5 Å². The number of H-pyrrole nitrogens is 1. The van der Waals surface area contributed by atoms with Crippen molar-refractivity contribution < 1.29 is 18.0 Å². The average molecular weight is 405 g/mol. The van der Waals surface area contributed by atoms with Crippen LogP contribution in [-0.2, 0) is 21.2 Å². The van der Waals surface area contributed by atoms with E-state index in [0.717, 1.165) is 5.52 Å². The van der Waals surface area contributed by atoms with Gasteiger partial charge >= 0.3 is 0 Å². The van der Waals surface area contributed by atoms with Crippen molar-refractivity contribution in [1.29, 1.82) is 0 Å². The molecule has 138 valence electrons. The summed E-state index contributed by atoms with van der Waals surface area (Å²) in [4.78, 5) is 28.6.